The normalized spacial score (nSPS) is 21.9. The molecular formula is C20H31N3O2. The van der Waals surface area contributed by atoms with E-state index in [-0.39, 0.29) is 6.03 Å². The van der Waals surface area contributed by atoms with Crippen molar-refractivity contribution in [1.82, 2.24) is 15.1 Å². The number of benzene rings is 1. The van der Waals surface area contributed by atoms with Gasteiger partial charge in [-0.1, -0.05) is 30.3 Å². The summed E-state index contributed by atoms with van der Waals surface area (Å²) in [5.74, 6) is 0. The summed E-state index contributed by atoms with van der Waals surface area (Å²) in [5, 5.41) is 3.06. The van der Waals surface area contributed by atoms with Gasteiger partial charge in [-0.3, -0.25) is 4.90 Å². The fourth-order valence-electron chi connectivity index (χ4n) is 3.59. The summed E-state index contributed by atoms with van der Waals surface area (Å²) in [6.07, 6.45) is 5.91. The number of nitrogens with one attached hydrogen (secondary N) is 1. The Morgan fingerprint density at radius 2 is 1.92 bits per heavy atom. The predicted octanol–water partition coefficient (Wildman–Crippen LogP) is 2.52. The molecular weight excluding hydrogens is 314 g/mol. The lowest BCUT2D eigenvalue weighted by Crippen LogP contribution is -2.52. The van der Waals surface area contributed by atoms with E-state index in [2.05, 4.69) is 40.5 Å². The van der Waals surface area contributed by atoms with Crippen molar-refractivity contribution in [1.29, 1.82) is 0 Å². The first-order chi connectivity index (χ1) is 12.3. The van der Waals surface area contributed by atoms with Crippen LogP contribution in [0, 0.1) is 0 Å². The van der Waals surface area contributed by atoms with Crippen molar-refractivity contribution in [2.24, 2.45) is 0 Å². The summed E-state index contributed by atoms with van der Waals surface area (Å²) in [6, 6.07) is 10.7. The number of carbonyl (C=O) groups is 1. The van der Waals surface area contributed by atoms with Crippen molar-refractivity contribution in [2.75, 3.05) is 45.9 Å². The highest BCUT2D eigenvalue weighted by molar-refractivity contribution is 5.74. The van der Waals surface area contributed by atoms with Crippen molar-refractivity contribution >= 4 is 6.03 Å². The molecule has 2 fully saturated rings. The van der Waals surface area contributed by atoms with E-state index < -0.39 is 0 Å². The smallest absolute Gasteiger partial charge is 0.317 e. The Kier molecular flexibility index (Phi) is 7.12. The van der Waals surface area contributed by atoms with Gasteiger partial charge in [0.15, 0.2) is 0 Å². The van der Waals surface area contributed by atoms with Crippen molar-refractivity contribution < 1.29 is 9.53 Å². The highest BCUT2D eigenvalue weighted by Crippen LogP contribution is 2.15. The molecule has 3 rings (SSSR count). The van der Waals surface area contributed by atoms with E-state index in [1.54, 1.807) is 0 Å². The van der Waals surface area contributed by atoms with Gasteiger partial charge in [0.25, 0.3) is 0 Å². The second kappa shape index (κ2) is 9.78. The van der Waals surface area contributed by atoms with Gasteiger partial charge in [-0.15, -0.1) is 0 Å². The predicted molar refractivity (Wildman–Crippen MR) is 99.8 cm³/mol. The molecule has 1 aromatic rings. The van der Waals surface area contributed by atoms with Crippen molar-refractivity contribution in [2.45, 2.75) is 38.2 Å². The second-order valence-corrected chi connectivity index (χ2v) is 7.07. The fraction of sp³-hybridized carbons (Fsp3) is 0.650. The van der Waals surface area contributed by atoms with E-state index in [1.807, 2.05) is 4.90 Å². The van der Waals surface area contributed by atoms with Crippen molar-refractivity contribution in [3.8, 4) is 0 Å². The van der Waals surface area contributed by atoms with Gasteiger partial charge >= 0.3 is 6.03 Å². The first-order valence-corrected chi connectivity index (χ1v) is 9.72. The molecule has 0 bridgehead atoms. The summed E-state index contributed by atoms with van der Waals surface area (Å²) >= 11 is 0. The highest BCUT2D eigenvalue weighted by atomic mass is 16.5. The topological polar surface area (TPSA) is 44.8 Å². The van der Waals surface area contributed by atoms with Crippen LogP contribution in [0.25, 0.3) is 0 Å². The molecule has 0 radical (unpaired) electrons. The quantitative estimate of drug-likeness (QED) is 0.862. The number of ether oxygens (including phenoxy) is 1. The van der Waals surface area contributed by atoms with Gasteiger partial charge in [0.2, 0.25) is 0 Å². The van der Waals surface area contributed by atoms with Gasteiger partial charge in [-0.2, -0.15) is 0 Å². The Hall–Kier alpha value is -1.59. The molecule has 0 unspecified atom stereocenters. The van der Waals surface area contributed by atoms with Crippen LogP contribution in [0.4, 0.5) is 4.79 Å². The third kappa shape index (κ3) is 6.01. The van der Waals surface area contributed by atoms with E-state index in [0.29, 0.717) is 6.10 Å². The maximum absolute atomic E-state index is 12.3. The Morgan fingerprint density at radius 3 is 2.64 bits per heavy atom. The number of rotatable bonds is 6. The maximum Gasteiger partial charge on any atom is 0.317 e. The Bertz CT molecular complexity index is 509. The van der Waals surface area contributed by atoms with E-state index in [4.69, 9.17) is 4.74 Å². The van der Waals surface area contributed by atoms with E-state index >= 15 is 0 Å². The average molecular weight is 345 g/mol. The minimum atomic E-state index is 0.0820. The molecule has 138 valence electrons. The number of hydrogen-bond donors (Lipinski definition) is 1. The first-order valence-electron chi connectivity index (χ1n) is 9.72. The van der Waals surface area contributed by atoms with Crippen LogP contribution in [0.5, 0.6) is 0 Å². The summed E-state index contributed by atoms with van der Waals surface area (Å²) in [5.41, 5.74) is 1.38. The van der Waals surface area contributed by atoms with Gasteiger partial charge in [-0.05, 0) is 37.7 Å². The molecule has 1 atom stereocenters. The van der Waals surface area contributed by atoms with Gasteiger partial charge in [0.1, 0.15) is 0 Å². The zero-order valence-electron chi connectivity index (χ0n) is 15.2. The zero-order valence-corrected chi connectivity index (χ0v) is 15.2. The van der Waals surface area contributed by atoms with Crippen molar-refractivity contribution in [3.63, 3.8) is 0 Å². The average Bonchev–Trinajstić information content (AvgIpc) is 2.68. The number of nitrogens with zero attached hydrogens (tertiary/aromatic N) is 2. The molecule has 2 heterocycles. The van der Waals surface area contributed by atoms with Crippen LogP contribution in [-0.2, 0) is 11.2 Å². The second-order valence-electron chi connectivity index (χ2n) is 7.07. The lowest BCUT2D eigenvalue weighted by atomic mass is 10.1. The number of amides is 2. The molecule has 2 aliphatic rings. The third-order valence-electron chi connectivity index (χ3n) is 5.24. The molecule has 2 amide bonds. The van der Waals surface area contributed by atoms with Crippen LogP contribution < -0.4 is 5.32 Å². The van der Waals surface area contributed by atoms with Crippen LogP contribution in [0.1, 0.15) is 31.2 Å². The van der Waals surface area contributed by atoms with E-state index in [1.165, 1.54) is 18.4 Å². The minimum Gasteiger partial charge on any atom is -0.378 e. The monoisotopic (exact) mass is 345 g/mol. The zero-order chi connectivity index (χ0) is 17.3. The van der Waals surface area contributed by atoms with Crippen molar-refractivity contribution in [3.05, 3.63) is 35.9 Å². The summed E-state index contributed by atoms with van der Waals surface area (Å²) in [4.78, 5) is 16.7. The molecule has 2 saturated heterocycles. The minimum absolute atomic E-state index is 0.0820. The molecule has 2 aliphatic heterocycles. The maximum atomic E-state index is 12.3. The van der Waals surface area contributed by atoms with Crippen LogP contribution in [0.2, 0.25) is 0 Å². The molecule has 5 nitrogen and oxygen atoms in total. The summed E-state index contributed by atoms with van der Waals surface area (Å²) in [6.45, 7) is 6.23. The Balaban J connectivity index is 1.29. The van der Waals surface area contributed by atoms with Gasteiger partial charge in [-0.25, -0.2) is 4.79 Å². The number of hydrogen-bond acceptors (Lipinski definition) is 3. The third-order valence-corrected chi connectivity index (χ3v) is 5.24. The fourth-order valence-corrected chi connectivity index (χ4v) is 3.59. The molecule has 25 heavy (non-hydrogen) atoms. The number of carbonyl (C=O) groups excluding carboxylic acids is 1. The van der Waals surface area contributed by atoms with Crippen LogP contribution in [0.3, 0.4) is 0 Å². The number of urea groups is 1. The summed E-state index contributed by atoms with van der Waals surface area (Å²) in [7, 11) is 0. The first kappa shape index (κ1) is 18.2. The molecule has 5 heteroatoms. The highest BCUT2D eigenvalue weighted by Gasteiger charge is 2.21. The van der Waals surface area contributed by atoms with Crippen LogP contribution in [-0.4, -0.2) is 67.8 Å². The Morgan fingerprint density at radius 1 is 1.12 bits per heavy atom. The molecule has 1 N–H and O–H groups in total. The van der Waals surface area contributed by atoms with Gasteiger partial charge in [0.05, 0.1) is 6.10 Å². The lowest BCUT2D eigenvalue weighted by molar-refractivity contribution is 0.0117. The largest absolute Gasteiger partial charge is 0.378 e. The number of piperazine rings is 1. The van der Waals surface area contributed by atoms with Gasteiger partial charge in [0, 0.05) is 45.9 Å². The Labute approximate surface area is 151 Å². The molecule has 0 aromatic heterocycles. The SMILES string of the molecule is O=C(NCC[C@H]1CCCCO1)N1CCN(CCc2ccccc2)CC1. The lowest BCUT2D eigenvalue weighted by Gasteiger charge is -2.34. The van der Waals surface area contributed by atoms with Crippen LogP contribution >= 0.6 is 0 Å². The molecule has 0 spiro atoms. The van der Waals surface area contributed by atoms with E-state index in [9.17, 15) is 4.79 Å². The standard InChI is InChI=1S/C20H31N3O2/c24-20(21-11-9-19-8-4-5-17-25-19)23-15-13-22(14-16-23)12-10-18-6-2-1-3-7-18/h1-3,6-7,19H,4-5,8-17H2,(H,21,24)/t19-/m1/s1. The molecule has 1 aromatic carbocycles. The molecule has 0 aliphatic carbocycles. The molecule has 0 saturated carbocycles. The van der Waals surface area contributed by atoms with Gasteiger partial charge < -0.3 is 15.0 Å². The summed E-state index contributed by atoms with van der Waals surface area (Å²) < 4.78 is 5.71. The van der Waals surface area contributed by atoms with Crippen LogP contribution in [0.15, 0.2) is 30.3 Å². The van der Waals surface area contributed by atoms with E-state index in [0.717, 1.165) is 65.1 Å².